The van der Waals surface area contributed by atoms with Crippen LogP contribution in [-0.2, 0) is 25.7 Å². The minimum atomic E-state index is -0.653. The van der Waals surface area contributed by atoms with Gasteiger partial charge in [0.1, 0.15) is 18.1 Å². The number of carbonyl (C=O) groups is 3. The van der Waals surface area contributed by atoms with Crippen molar-refractivity contribution in [1.82, 2.24) is 4.90 Å². The van der Waals surface area contributed by atoms with E-state index in [1.165, 1.54) is 25.2 Å². The number of benzene rings is 2. The number of amides is 1. The molecule has 0 unspecified atom stereocenters. The topological polar surface area (TPSA) is 114 Å². The minimum absolute atomic E-state index is 0.00539. The van der Waals surface area contributed by atoms with Crippen molar-refractivity contribution < 1.29 is 33.7 Å². The normalized spacial score (nSPS) is 13.2. The first-order valence-corrected chi connectivity index (χ1v) is 11.0. The maximum Gasteiger partial charge on any atom is 0.338 e. The second kappa shape index (κ2) is 11.1. The van der Waals surface area contributed by atoms with Crippen molar-refractivity contribution in [3.8, 4) is 5.75 Å². The van der Waals surface area contributed by atoms with Crippen molar-refractivity contribution in [2.24, 2.45) is 0 Å². The molecule has 1 aliphatic rings. The molecule has 0 fully saturated rings. The maximum absolute atomic E-state index is 12.9. The summed E-state index contributed by atoms with van der Waals surface area (Å²) in [5.41, 5.74) is 1.76. The second-order valence-electron chi connectivity index (χ2n) is 7.02. The number of ether oxygens (including phenoxy) is 3. The van der Waals surface area contributed by atoms with E-state index in [1.807, 2.05) is 52.9 Å². The summed E-state index contributed by atoms with van der Waals surface area (Å²) < 4.78 is 16.2. The van der Waals surface area contributed by atoms with Gasteiger partial charge in [0, 0.05) is 10.1 Å². The third-order valence-corrected chi connectivity index (χ3v) is 5.77. The number of aliphatic hydroxyl groups is 1. The van der Waals surface area contributed by atoms with Crippen LogP contribution in [0.4, 0.5) is 5.69 Å². The summed E-state index contributed by atoms with van der Waals surface area (Å²) in [6.45, 7) is 0.0413. The number of anilines is 1. The van der Waals surface area contributed by atoms with Crippen molar-refractivity contribution >= 4 is 46.1 Å². The lowest BCUT2D eigenvalue weighted by atomic mass is 10.1. The molecule has 0 aromatic heterocycles. The minimum Gasteiger partial charge on any atom is -0.487 e. The van der Waals surface area contributed by atoms with Gasteiger partial charge in [-0.15, -0.1) is 0 Å². The van der Waals surface area contributed by atoms with Crippen LogP contribution in [0.15, 0.2) is 53.7 Å². The summed E-state index contributed by atoms with van der Waals surface area (Å²) in [5, 5.41) is 12.3. The Hall–Kier alpha value is -3.12. The molecule has 9 nitrogen and oxygen atoms in total. The molecule has 2 aromatic rings. The average molecular weight is 566 g/mol. The van der Waals surface area contributed by atoms with Crippen LogP contribution in [-0.4, -0.2) is 61.8 Å². The van der Waals surface area contributed by atoms with E-state index < -0.39 is 17.8 Å². The number of hydrogen-bond acceptors (Lipinski definition) is 8. The fourth-order valence-corrected chi connectivity index (χ4v) is 4.00. The zero-order valence-corrected chi connectivity index (χ0v) is 20.2. The molecule has 0 saturated carbocycles. The zero-order chi connectivity index (χ0) is 24.0. The number of aliphatic hydroxyl groups excluding tert-OH is 1. The molecular weight excluding hydrogens is 543 g/mol. The van der Waals surface area contributed by atoms with Crippen molar-refractivity contribution in [2.75, 3.05) is 39.2 Å². The van der Waals surface area contributed by atoms with E-state index in [0.717, 1.165) is 5.56 Å². The molecule has 1 heterocycles. The zero-order valence-electron chi connectivity index (χ0n) is 18.1. The first kappa shape index (κ1) is 24.5. The molecule has 3 rings (SSSR count). The molecule has 0 atom stereocenters. The molecule has 33 heavy (non-hydrogen) atoms. The molecule has 2 N–H and O–H groups in total. The Morgan fingerprint density at radius 1 is 1.12 bits per heavy atom. The standard InChI is InChI=1S/C23H23IN2O7/c1-31-22(29)15-10-17(24)20(18(11-15)33-13-14-6-4-3-5-7-14)25-19-16(23(30)32-2)12-26(8-9-27)21(19)28/h3-7,10-11,25,27H,8-9,12-13H2,1-2H3. The molecule has 10 heteroatoms. The van der Waals surface area contributed by atoms with Crippen LogP contribution in [0.1, 0.15) is 15.9 Å². The molecule has 0 radical (unpaired) electrons. The average Bonchev–Trinajstić information content (AvgIpc) is 3.14. The first-order chi connectivity index (χ1) is 15.9. The Balaban J connectivity index is 2.01. The highest BCUT2D eigenvalue weighted by Crippen LogP contribution is 2.35. The molecule has 2 aromatic carbocycles. The van der Waals surface area contributed by atoms with Crippen LogP contribution in [0.3, 0.4) is 0 Å². The summed E-state index contributed by atoms with van der Waals surface area (Å²) in [4.78, 5) is 38.7. The van der Waals surface area contributed by atoms with Crippen LogP contribution in [0.25, 0.3) is 0 Å². The summed E-state index contributed by atoms with van der Waals surface area (Å²) in [5.74, 6) is -1.34. The molecule has 0 bridgehead atoms. The number of β-amino-alcohol motifs (C(OH)–C–C–N with tert-alkyl or cyclic N) is 1. The van der Waals surface area contributed by atoms with Gasteiger partial charge < -0.3 is 29.5 Å². The number of esters is 2. The summed E-state index contributed by atoms with van der Waals surface area (Å²) in [6, 6.07) is 12.6. The SMILES string of the molecule is COC(=O)C1=C(Nc2c(I)cc(C(=O)OC)cc2OCc2ccccc2)C(=O)N(CCO)C1. The quantitative estimate of drug-likeness (QED) is 0.352. The molecule has 0 spiro atoms. The fourth-order valence-electron chi connectivity index (χ4n) is 3.26. The highest BCUT2D eigenvalue weighted by molar-refractivity contribution is 14.1. The lowest BCUT2D eigenvalue weighted by Gasteiger charge is -2.18. The summed E-state index contributed by atoms with van der Waals surface area (Å²) in [7, 11) is 2.52. The third-order valence-electron chi connectivity index (χ3n) is 4.92. The van der Waals surface area contributed by atoms with Crippen molar-refractivity contribution in [1.29, 1.82) is 0 Å². The molecule has 0 aliphatic carbocycles. The predicted molar refractivity (Wildman–Crippen MR) is 128 cm³/mol. The lowest BCUT2D eigenvalue weighted by Crippen LogP contribution is -2.31. The van der Waals surface area contributed by atoms with Gasteiger partial charge in [-0.1, -0.05) is 30.3 Å². The van der Waals surface area contributed by atoms with E-state index >= 15 is 0 Å². The number of hydrogen-bond donors (Lipinski definition) is 2. The number of nitrogens with one attached hydrogen (secondary N) is 1. The number of halogens is 1. The highest BCUT2D eigenvalue weighted by Gasteiger charge is 2.35. The number of nitrogens with zero attached hydrogens (tertiary/aromatic N) is 1. The predicted octanol–water partition coefficient (Wildman–Crippen LogP) is 2.33. The van der Waals surface area contributed by atoms with Gasteiger partial charge in [-0.25, -0.2) is 9.59 Å². The van der Waals surface area contributed by atoms with Gasteiger partial charge in [0.05, 0.1) is 44.2 Å². The molecule has 1 aliphatic heterocycles. The summed E-state index contributed by atoms with van der Waals surface area (Å²) >= 11 is 2.01. The van der Waals surface area contributed by atoms with Gasteiger partial charge in [-0.05, 0) is 40.3 Å². The van der Waals surface area contributed by atoms with Crippen LogP contribution in [0, 0.1) is 3.57 Å². The van der Waals surface area contributed by atoms with Crippen molar-refractivity contribution in [3.63, 3.8) is 0 Å². The van der Waals surface area contributed by atoms with Gasteiger partial charge in [-0.2, -0.15) is 0 Å². The Labute approximate surface area is 204 Å². The van der Waals surface area contributed by atoms with E-state index in [-0.39, 0.29) is 43.1 Å². The van der Waals surface area contributed by atoms with E-state index in [0.29, 0.717) is 15.0 Å². The number of rotatable bonds is 9. The summed E-state index contributed by atoms with van der Waals surface area (Å²) in [6.07, 6.45) is 0. The molecule has 0 saturated heterocycles. The van der Waals surface area contributed by atoms with Crippen LogP contribution in [0.5, 0.6) is 5.75 Å². The van der Waals surface area contributed by atoms with E-state index in [4.69, 9.17) is 14.2 Å². The third kappa shape index (κ3) is 5.63. The highest BCUT2D eigenvalue weighted by atomic mass is 127. The Morgan fingerprint density at radius 2 is 1.82 bits per heavy atom. The number of carbonyl (C=O) groups excluding carboxylic acids is 3. The van der Waals surface area contributed by atoms with E-state index in [9.17, 15) is 19.5 Å². The Morgan fingerprint density at radius 3 is 2.45 bits per heavy atom. The van der Waals surface area contributed by atoms with Gasteiger partial charge in [0.2, 0.25) is 0 Å². The lowest BCUT2D eigenvalue weighted by molar-refractivity contribution is -0.136. The Bertz CT molecular complexity index is 1090. The van der Waals surface area contributed by atoms with Gasteiger partial charge in [0.25, 0.3) is 5.91 Å². The van der Waals surface area contributed by atoms with Gasteiger partial charge in [0.15, 0.2) is 0 Å². The molecule has 174 valence electrons. The van der Waals surface area contributed by atoms with Gasteiger partial charge >= 0.3 is 11.9 Å². The molecule has 1 amide bonds. The van der Waals surface area contributed by atoms with Crippen molar-refractivity contribution in [3.05, 3.63) is 68.4 Å². The van der Waals surface area contributed by atoms with E-state index in [2.05, 4.69) is 5.32 Å². The van der Waals surface area contributed by atoms with Crippen molar-refractivity contribution in [2.45, 2.75) is 6.61 Å². The second-order valence-corrected chi connectivity index (χ2v) is 8.18. The molecular formula is C23H23IN2O7. The van der Waals surface area contributed by atoms with Crippen LogP contribution >= 0.6 is 22.6 Å². The van der Waals surface area contributed by atoms with Crippen LogP contribution in [0.2, 0.25) is 0 Å². The fraction of sp³-hybridized carbons (Fsp3) is 0.261. The van der Waals surface area contributed by atoms with Crippen LogP contribution < -0.4 is 10.1 Å². The van der Waals surface area contributed by atoms with E-state index in [1.54, 1.807) is 6.07 Å². The monoisotopic (exact) mass is 566 g/mol. The number of methoxy groups -OCH3 is 2. The smallest absolute Gasteiger partial charge is 0.338 e. The largest absolute Gasteiger partial charge is 0.487 e. The maximum atomic E-state index is 12.9. The van der Waals surface area contributed by atoms with Gasteiger partial charge in [-0.3, -0.25) is 4.79 Å². The Kier molecular flexibility index (Phi) is 8.28. The first-order valence-electron chi connectivity index (χ1n) is 9.96.